The second kappa shape index (κ2) is 11.3. The summed E-state index contributed by atoms with van der Waals surface area (Å²) < 4.78 is 0. The Morgan fingerprint density at radius 1 is 0.929 bits per heavy atom. The highest BCUT2D eigenvalue weighted by Gasteiger charge is 2.34. The number of benzene rings is 4. The quantitative estimate of drug-likeness (QED) is 0.135. The topological polar surface area (TPSA) is 123 Å². The van der Waals surface area contributed by atoms with Crippen molar-refractivity contribution in [1.82, 2.24) is 15.2 Å². The van der Waals surface area contributed by atoms with Gasteiger partial charge in [0.25, 0.3) is 22.7 Å². The van der Waals surface area contributed by atoms with Crippen molar-refractivity contribution in [2.45, 2.75) is 0 Å². The molecule has 0 bridgehead atoms. The number of hydrogen-bond acceptors (Lipinski definition) is 7. The fourth-order valence-electron chi connectivity index (χ4n) is 4.86. The van der Waals surface area contributed by atoms with Crippen LogP contribution in [0, 0.1) is 10.1 Å². The van der Waals surface area contributed by atoms with Crippen LogP contribution in [0.2, 0.25) is 0 Å². The van der Waals surface area contributed by atoms with E-state index in [9.17, 15) is 24.5 Å². The molecule has 0 aliphatic carbocycles. The van der Waals surface area contributed by atoms with Gasteiger partial charge in [-0.1, -0.05) is 60.7 Å². The number of para-hydroxylation sites is 1. The third-order valence-electron chi connectivity index (χ3n) is 6.92. The van der Waals surface area contributed by atoms with Crippen molar-refractivity contribution in [3.63, 3.8) is 0 Å². The number of amides is 3. The first-order valence-electron chi connectivity index (χ1n) is 13.0. The van der Waals surface area contributed by atoms with Gasteiger partial charge in [0.2, 0.25) is 0 Å². The standard InChI is InChI=1S/C32H22N4O5S/c37-30(33-16-17-35-31(38)29(42-32(35)39)18-20-12-14-22(15-13-20)36(40)41)26-19-28(34-27-11-4-3-9-25(26)27)24-10-5-7-21-6-1-2-8-23(21)24/h1-15,18-19H,16-17H2,(H,33,37). The highest BCUT2D eigenvalue weighted by atomic mass is 32.2. The van der Waals surface area contributed by atoms with E-state index in [1.807, 2.05) is 66.7 Å². The number of non-ortho nitro benzene ring substituents is 1. The molecule has 1 N–H and O–H groups in total. The number of fused-ring (bicyclic) bond motifs is 2. The van der Waals surface area contributed by atoms with Gasteiger partial charge in [0.15, 0.2) is 0 Å². The average molecular weight is 575 g/mol. The lowest BCUT2D eigenvalue weighted by molar-refractivity contribution is -0.384. The van der Waals surface area contributed by atoms with Gasteiger partial charge in [-0.25, -0.2) is 4.98 Å². The van der Waals surface area contributed by atoms with Crippen LogP contribution in [0.5, 0.6) is 0 Å². The summed E-state index contributed by atoms with van der Waals surface area (Å²) in [5, 5.41) is 16.1. The summed E-state index contributed by atoms with van der Waals surface area (Å²) in [4.78, 5) is 55.4. The van der Waals surface area contributed by atoms with Gasteiger partial charge in [0.05, 0.1) is 26.6 Å². The van der Waals surface area contributed by atoms with Crippen molar-refractivity contribution in [2.24, 2.45) is 0 Å². The van der Waals surface area contributed by atoms with Crippen LogP contribution in [0.1, 0.15) is 15.9 Å². The molecule has 1 aliphatic rings. The lowest BCUT2D eigenvalue weighted by Crippen LogP contribution is -2.37. The molecule has 3 amide bonds. The molecule has 206 valence electrons. The highest BCUT2D eigenvalue weighted by molar-refractivity contribution is 8.18. The smallest absolute Gasteiger partial charge is 0.293 e. The SMILES string of the molecule is O=C(NCCN1C(=O)SC(=Cc2ccc([N+](=O)[O-])cc2)C1=O)c1cc(-c2cccc3ccccc23)nc2ccccc12. The number of nitro groups is 1. The fourth-order valence-corrected chi connectivity index (χ4v) is 5.73. The number of nitrogens with one attached hydrogen (secondary N) is 1. The first kappa shape index (κ1) is 26.9. The summed E-state index contributed by atoms with van der Waals surface area (Å²) in [5.74, 6) is -0.825. The predicted molar refractivity (Wildman–Crippen MR) is 163 cm³/mol. The molecule has 0 atom stereocenters. The Hall–Kier alpha value is -5.35. The van der Waals surface area contributed by atoms with Crippen LogP contribution in [-0.2, 0) is 4.79 Å². The summed E-state index contributed by atoms with van der Waals surface area (Å²) in [7, 11) is 0. The van der Waals surface area contributed by atoms with E-state index >= 15 is 0 Å². The molecular formula is C32H22N4O5S. The number of nitro benzene ring substituents is 1. The summed E-state index contributed by atoms with van der Waals surface area (Å²) in [6, 6.07) is 28.8. The van der Waals surface area contributed by atoms with E-state index in [-0.39, 0.29) is 29.6 Å². The number of nitrogens with zero attached hydrogens (tertiary/aromatic N) is 3. The zero-order chi connectivity index (χ0) is 29.2. The van der Waals surface area contributed by atoms with Gasteiger partial charge in [0, 0.05) is 36.2 Å². The van der Waals surface area contributed by atoms with Crippen LogP contribution in [0.25, 0.3) is 39.0 Å². The van der Waals surface area contributed by atoms with Crippen molar-refractivity contribution in [3.8, 4) is 11.3 Å². The minimum absolute atomic E-state index is 0.00674. The number of rotatable bonds is 7. The maximum atomic E-state index is 13.4. The number of carbonyl (C=O) groups is 3. The van der Waals surface area contributed by atoms with Gasteiger partial charge in [-0.2, -0.15) is 0 Å². The monoisotopic (exact) mass is 574 g/mol. The van der Waals surface area contributed by atoms with Crippen LogP contribution in [0.15, 0.2) is 102 Å². The summed E-state index contributed by atoms with van der Waals surface area (Å²) in [6.07, 6.45) is 1.52. The molecule has 2 heterocycles. The molecule has 10 heteroatoms. The molecule has 0 unspecified atom stereocenters. The summed E-state index contributed by atoms with van der Waals surface area (Å²) in [6.45, 7) is 0.0507. The Morgan fingerprint density at radius 3 is 2.43 bits per heavy atom. The Labute approximate surface area is 244 Å². The van der Waals surface area contributed by atoms with Crippen molar-refractivity contribution in [3.05, 3.63) is 123 Å². The fraction of sp³-hybridized carbons (Fsp3) is 0.0625. The molecule has 1 fully saturated rings. The number of thioether (sulfide) groups is 1. The number of imide groups is 1. The summed E-state index contributed by atoms with van der Waals surface area (Å²) in [5.41, 5.74) is 3.18. The zero-order valence-electron chi connectivity index (χ0n) is 22.0. The number of carbonyl (C=O) groups excluding carboxylic acids is 3. The molecule has 1 saturated heterocycles. The van der Waals surface area contributed by atoms with Crippen molar-refractivity contribution in [2.75, 3.05) is 13.1 Å². The predicted octanol–water partition coefficient (Wildman–Crippen LogP) is 6.43. The van der Waals surface area contributed by atoms with Crippen molar-refractivity contribution < 1.29 is 19.3 Å². The lowest BCUT2D eigenvalue weighted by Gasteiger charge is -2.14. The molecule has 0 saturated carbocycles. The van der Waals surface area contributed by atoms with E-state index in [1.165, 1.54) is 30.3 Å². The molecule has 5 aromatic rings. The Morgan fingerprint density at radius 2 is 1.64 bits per heavy atom. The first-order chi connectivity index (χ1) is 20.4. The number of aromatic nitrogens is 1. The molecule has 6 rings (SSSR count). The van der Waals surface area contributed by atoms with E-state index in [4.69, 9.17) is 4.98 Å². The molecule has 0 radical (unpaired) electrons. The van der Waals surface area contributed by atoms with Gasteiger partial charge in [-0.3, -0.25) is 29.4 Å². The molecule has 42 heavy (non-hydrogen) atoms. The van der Waals surface area contributed by atoms with Gasteiger partial charge in [0.1, 0.15) is 0 Å². The molecule has 9 nitrogen and oxygen atoms in total. The van der Waals surface area contributed by atoms with Crippen LogP contribution in [-0.4, -0.2) is 45.0 Å². The van der Waals surface area contributed by atoms with Crippen LogP contribution in [0.3, 0.4) is 0 Å². The second-order valence-corrected chi connectivity index (χ2v) is 10.5. The first-order valence-corrected chi connectivity index (χ1v) is 13.9. The zero-order valence-corrected chi connectivity index (χ0v) is 22.8. The average Bonchev–Trinajstić information content (AvgIpc) is 3.27. The molecule has 1 aliphatic heterocycles. The van der Waals surface area contributed by atoms with Crippen molar-refractivity contribution >= 4 is 62.3 Å². The van der Waals surface area contributed by atoms with Crippen LogP contribution < -0.4 is 5.32 Å². The van der Waals surface area contributed by atoms with E-state index in [0.29, 0.717) is 27.7 Å². The van der Waals surface area contributed by atoms with Crippen LogP contribution >= 0.6 is 11.8 Å². The Bertz CT molecular complexity index is 1930. The maximum absolute atomic E-state index is 13.4. The normalized spacial score (nSPS) is 14.2. The minimum atomic E-state index is -0.509. The third-order valence-corrected chi connectivity index (χ3v) is 7.83. The lowest BCUT2D eigenvalue weighted by atomic mass is 9.99. The number of hydrogen-bond donors (Lipinski definition) is 1. The van der Waals surface area contributed by atoms with Crippen LogP contribution in [0.4, 0.5) is 10.5 Å². The molecule has 1 aromatic heterocycles. The number of pyridine rings is 1. The highest BCUT2D eigenvalue weighted by Crippen LogP contribution is 2.33. The van der Waals surface area contributed by atoms with E-state index in [0.717, 1.165) is 33.0 Å². The Balaban J connectivity index is 1.20. The van der Waals surface area contributed by atoms with E-state index < -0.39 is 16.1 Å². The molecule has 0 spiro atoms. The summed E-state index contributed by atoms with van der Waals surface area (Å²) >= 11 is 0.788. The molecule has 4 aromatic carbocycles. The van der Waals surface area contributed by atoms with Gasteiger partial charge < -0.3 is 5.32 Å². The van der Waals surface area contributed by atoms with Crippen molar-refractivity contribution in [1.29, 1.82) is 0 Å². The third kappa shape index (κ3) is 5.23. The maximum Gasteiger partial charge on any atom is 0.293 e. The van der Waals surface area contributed by atoms with E-state index in [2.05, 4.69) is 5.32 Å². The molecular weight excluding hydrogens is 552 g/mol. The van der Waals surface area contributed by atoms with E-state index in [1.54, 1.807) is 6.07 Å². The second-order valence-electron chi connectivity index (χ2n) is 9.54. The van der Waals surface area contributed by atoms with Gasteiger partial charge in [-0.15, -0.1) is 0 Å². The largest absolute Gasteiger partial charge is 0.350 e. The van der Waals surface area contributed by atoms with Gasteiger partial charge in [-0.05, 0) is 58.4 Å². The minimum Gasteiger partial charge on any atom is -0.350 e. The Kier molecular flexibility index (Phi) is 7.20. The van der Waals surface area contributed by atoms with Gasteiger partial charge >= 0.3 is 0 Å².